The zero-order valence-electron chi connectivity index (χ0n) is 9.18. The molecule has 0 rings (SSSR count). The van der Waals surface area contributed by atoms with Gasteiger partial charge < -0.3 is 4.90 Å². The van der Waals surface area contributed by atoms with E-state index in [1.54, 1.807) is 19.0 Å². The van der Waals surface area contributed by atoms with Gasteiger partial charge in [-0.2, -0.15) is 0 Å². The second-order valence-corrected chi connectivity index (χ2v) is 2.75. The third kappa shape index (κ3) is 9.47. The van der Waals surface area contributed by atoms with Crippen molar-refractivity contribution < 1.29 is 4.79 Å². The maximum Gasteiger partial charge on any atom is 0.222 e. The van der Waals surface area contributed by atoms with Gasteiger partial charge in [0.05, 0.1) is 0 Å². The largest absolute Gasteiger partial charge is 0.349 e. The normalized spacial score (nSPS) is 8.42. The molecule has 0 spiro atoms. The summed E-state index contributed by atoms with van der Waals surface area (Å²) >= 11 is 0. The molecule has 0 atom stereocenters. The molecule has 0 heterocycles. The molecule has 0 aromatic heterocycles. The first-order valence-electron chi connectivity index (χ1n) is 4.88. The Labute approximate surface area is 77.0 Å². The van der Waals surface area contributed by atoms with Crippen LogP contribution in [0.3, 0.4) is 0 Å². The van der Waals surface area contributed by atoms with E-state index >= 15 is 0 Å². The average molecular weight is 173 g/mol. The summed E-state index contributed by atoms with van der Waals surface area (Å²) in [7, 11) is 3.60. The van der Waals surface area contributed by atoms with Crippen molar-refractivity contribution in [1.29, 1.82) is 0 Å². The van der Waals surface area contributed by atoms with Crippen LogP contribution in [0.15, 0.2) is 0 Å². The molecule has 1 amide bonds. The van der Waals surface area contributed by atoms with Gasteiger partial charge in [-0.1, -0.05) is 33.6 Å². The summed E-state index contributed by atoms with van der Waals surface area (Å²) in [6, 6.07) is 0. The van der Waals surface area contributed by atoms with Crippen molar-refractivity contribution in [2.45, 2.75) is 46.5 Å². The van der Waals surface area contributed by atoms with E-state index in [4.69, 9.17) is 0 Å². The van der Waals surface area contributed by atoms with E-state index in [0.717, 1.165) is 6.42 Å². The van der Waals surface area contributed by atoms with Gasteiger partial charge in [0.15, 0.2) is 0 Å². The van der Waals surface area contributed by atoms with Gasteiger partial charge in [0.2, 0.25) is 5.91 Å². The minimum absolute atomic E-state index is 0.244. The van der Waals surface area contributed by atoms with Crippen molar-refractivity contribution in [2.24, 2.45) is 0 Å². The standard InChI is InChI=1S/C8H17NO.C2H6/c1-4-5-6-7-8(10)9(2)3;1-2/h4-7H2,1-3H3;1-2H3. The first-order valence-corrected chi connectivity index (χ1v) is 4.88. The Morgan fingerprint density at radius 3 is 2.00 bits per heavy atom. The molecule has 2 heteroatoms. The van der Waals surface area contributed by atoms with Crippen molar-refractivity contribution in [3.8, 4) is 0 Å². The van der Waals surface area contributed by atoms with E-state index in [9.17, 15) is 4.79 Å². The van der Waals surface area contributed by atoms with Crippen molar-refractivity contribution in [3.63, 3.8) is 0 Å². The van der Waals surface area contributed by atoms with Crippen LogP contribution < -0.4 is 0 Å². The highest BCUT2D eigenvalue weighted by atomic mass is 16.2. The van der Waals surface area contributed by atoms with E-state index < -0.39 is 0 Å². The van der Waals surface area contributed by atoms with Crippen LogP contribution in [0.5, 0.6) is 0 Å². The summed E-state index contributed by atoms with van der Waals surface area (Å²) in [5.41, 5.74) is 0. The fraction of sp³-hybridized carbons (Fsp3) is 0.900. The van der Waals surface area contributed by atoms with Gasteiger partial charge >= 0.3 is 0 Å². The topological polar surface area (TPSA) is 20.3 Å². The van der Waals surface area contributed by atoms with E-state index in [0.29, 0.717) is 6.42 Å². The SMILES string of the molecule is CC.CCCCCC(=O)N(C)C. The zero-order valence-corrected chi connectivity index (χ0v) is 9.18. The lowest BCUT2D eigenvalue weighted by Gasteiger charge is -2.08. The summed E-state index contributed by atoms with van der Waals surface area (Å²) in [5.74, 6) is 0.244. The number of unbranched alkanes of at least 4 members (excludes halogenated alkanes) is 2. The van der Waals surface area contributed by atoms with Gasteiger partial charge in [0, 0.05) is 20.5 Å². The minimum atomic E-state index is 0.244. The maximum absolute atomic E-state index is 10.9. The van der Waals surface area contributed by atoms with Gasteiger partial charge in [-0.15, -0.1) is 0 Å². The zero-order chi connectivity index (χ0) is 9.98. The first-order chi connectivity index (χ1) is 5.68. The molecule has 12 heavy (non-hydrogen) atoms. The van der Waals surface area contributed by atoms with E-state index in [1.165, 1.54) is 12.8 Å². The minimum Gasteiger partial charge on any atom is -0.349 e. The monoisotopic (exact) mass is 173 g/mol. The summed E-state index contributed by atoms with van der Waals surface area (Å²) in [4.78, 5) is 12.6. The van der Waals surface area contributed by atoms with Crippen LogP contribution in [0.4, 0.5) is 0 Å². The van der Waals surface area contributed by atoms with Crippen LogP contribution in [0.25, 0.3) is 0 Å². The number of amides is 1. The highest BCUT2D eigenvalue weighted by Gasteiger charge is 2.01. The van der Waals surface area contributed by atoms with Crippen molar-refractivity contribution in [1.82, 2.24) is 4.90 Å². The predicted octanol–water partition coefficient (Wildman–Crippen LogP) is 2.68. The highest BCUT2D eigenvalue weighted by Crippen LogP contribution is 2.00. The van der Waals surface area contributed by atoms with Crippen LogP contribution in [-0.2, 0) is 4.79 Å². The maximum atomic E-state index is 10.9. The van der Waals surface area contributed by atoms with Crippen LogP contribution in [0.2, 0.25) is 0 Å². The Morgan fingerprint density at radius 2 is 1.67 bits per heavy atom. The Kier molecular flexibility index (Phi) is 12.2. The van der Waals surface area contributed by atoms with Crippen LogP contribution in [0.1, 0.15) is 46.5 Å². The molecule has 0 N–H and O–H groups in total. The Morgan fingerprint density at radius 1 is 1.17 bits per heavy atom. The molecule has 0 saturated heterocycles. The molecule has 0 bridgehead atoms. The molecule has 0 fully saturated rings. The molecule has 0 radical (unpaired) electrons. The Hall–Kier alpha value is -0.530. The molecule has 0 aliphatic rings. The molecule has 0 aliphatic heterocycles. The number of rotatable bonds is 4. The molecule has 0 aliphatic carbocycles. The van der Waals surface area contributed by atoms with Gasteiger partial charge in [0.1, 0.15) is 0 Å². The second-order valence-electron chi connectivity index (χ2n) is 2.75. The number of carbonyl (C=O) groups excluding carboxylic acids is 1. The van der Waals surface area contributed by atoms with Gasteiger partial charge in [-0.3, -0.25) is 4.79 Å². The third-order valence-electron chi connectivity index (χ3n) is 1.49. The number of hydrogen-bond donors (Lipinski definition) is 0. The van der Waals surface area contributed by atoms with E-state index in [2.05, 4.69) is 6.92 Å². The van der Waals surface area contributed by atoms with E-state index in [-0.39, 0.29) is 5.91 Å². The van der Waals surface area contributed by atoms with Gasteiger partial charge in [0.25, 0.3) is 0 Å². The summed E-state index contributed by atoms with van der Waals surface area (Å²) in [6.45, 7) is 6.14. The quantitative estimate of drug-likeness (QED) is 0.598. The molecule has 74 valence electrons. The lowest BCUT2D eigenvalue weighted by Crippen LogP contribution is -2.20. The number of nitrogens with zero attached hydrogens (tertiary/aromatic N) is 1. The fourth-order valence-corrected chi connectivity index (χ4v) is 0.750. The third-order valence-corrected chi connectivity index (χ3v) is 1.49. The molecular weight excluding hydrogens is 150 g/mol. The molecule has 0 aromatic carbocycles. The van der Waals surface area contributed by atoms with Crippen LogP contribution in [-0.4, -0.2) is 24.9 Å². The lowest BCUT2D eigenvalue weighted by molar-refractivity contribution is -0.128. The smallest absolute Gasteiger partial charge is 0.222 e. The van der Waals surface area contributed by atoms with Crippen molar-refractivity contribution >= 4 is 5.91 Å². The van der Waals surface area contributed by atoms with E-state index in [1.807, 2.05) is 13.8 Å². The predicted molar refractivity (Wildman–Crippen MR) is 54.2 cm³/mol. The summed E-state index contributed by atoms with van der Waals surface area (Å²) < 4.78 is 0. The highest BCUT2D eigenvalue weighted by molar-refractivity contribution is 5.75. The summed E-state index contributed by atoms with van der Waals surface area (Å²) in [5, 5.41) is 0. The Bertz CT molecular complexity index is 100. The van der Waals surface area contributed by atoms with Gasteiger partial charge in [-0.25, -0.2) is 0 Å². The van der Waals surface area contributed by atoms with Crippen molar-refractivity contribution in [3.05, 3.63) is 0 Å². The number of hydrogen-bond acceptors (Lipinski definition) is 1. The van der Waals surface area contributed by atoms with Crippen LogP contribution in [0, 0.1) is 0 Å². The van der Waals surface area contributed by atoms with Gasteiger partial charge in [-0.05, 0) is 6.42 Å². The second kappa shape index (κ2) is 10.5. The van der Waals surface area contributed by atoms with Crippen LogP contribution >= 0.6 is 0 Å². The molecule has 0 aromatic rings. The average Bonchev–Trinajstić information content (AvgIpc) is 2.08. The first kappa shape index (κ1) is 14.0. The molecule has 2 nitrogen and oxygen atoms in total. The van der Waals surface area contributed by atoms with Crippen molar-refractivity contribution in [2.75, 3.05) is 14.1 Å². The molecule has 0 saturated carbocycles. The number of carbonyl (C=O) groups is 1. The lowest BCUT2D eigenvalue weighted by atomic mass is 10.2. The molecular formula is C10H23NO. The Balaban J connectivity index is 0. The fourth-order valence-electron chi connectivity index (χ4n) is 0.750. The molecule has 0 unspecified atom stereocenters. The summed E-state index contributed by atoms with van der Waals surface area (Å²) in [6.07, 6.45) is 4.09.